The summed E-state index contributed by atoms with van der Waals surface area (Å²) in [7, 11) is -3.91. The quantitative estimate of drug-likeness (QED) is 0.457. The van der Waals surface area contributed by atoms with Crippen LogP contribution in [0, 0.1) is 12.7 Å². The summed E-state index contributed by atoms with van der Waals surface area (Å²) in [6.45, 7) is 2.54. The largest absolute Gasteiger partial charge is 0.334 e. The Labute approximate surface area is 179 Å². The van der Waals surface area contributed by atoms with Crippen LogP contribution >= 0.6 is 0 Å². The Bertz CT molecular complexity index is 1390. The number of rotatable bonds is 1. The average Bonchev–Trinajstić information content (AvgIpc) is 2.76. The first-order valence-electron chi connectivity index (χ1n) is 9.87. The second-order valence-corrected chi connectivity index (χ2v) is 9.76. The van der Waals surface area contributed by atoms with Crippen LogP contribution in [-0.4, -0.2) is 31.6 Å². The van der Waals surface area contributed by atoms with E-state index in [1.165, 1.54) is 42.5 Å². The highest BCUT2D eigenvalue weighted by Crippen LogP contribution is 2.35. The second-order valence-electron chi connectivity index (χ2n) is 7.88. The van der Waals surface area contributed by atoms with Crippen LogP contribution in [0.3, 0.4) is 0 Å². The Morgan fingerprint density at radius 2 is 1.74 bits per heavy atom. The van der Waals surface area contributed by atoms with Gasteiger partial charge in [-0.25, -0.2) is 12.8 Å². The molecule has 0 aliphatic carbocycles. The monoisotopic (exact) mass is 435 g/mol. The topological polar surface area (TPSA) is 71.5 Å². The maximum atomic E-state index is 13.7. The predicted octanol–water partition coefficient (Wildman–Crippen LogP) is 3.71. The summed E-state index contributed by atoms with van der Waals surface area (Å²) in [6, 6.07) is 13.2. The summed E-state index contributed by atoms with van der Waals surface area (Å²) < 4.78 is 39.9. The molecule has 0 bridgehead atoms. The maximum Gasteiger partial charge on any atom is 0.254 e. The first-order chi connectivity index (χ1) is 14.8. The summed E-state index contributed by atoms with van der Waals surface area (Å²) in [5, 5.41) is 0. The third kappa shape index (κ3) is 2.99. The minimum atomic E-state index is -3.91. The van der Waals surface area contributed by atoms with E-state index in [0.717, 1.165) is 16.7 Å². The van der Waals surface area contributed by atoms with Crippen LogP contribution < -0.4 is 0 Å². The third-order valence-corrected chi connectivity index (χ3v) is 7.85. The van der Waals surface area contributed by atoms with E-state index in [0.29, 0.717) is 19.5 Å². The second kappa shape index (κ2) is 6.85. The van der Waals surface area contributed by atoms with Gasteiger partial charge in [0, 0.05) is 29.8 Å². The Morgan fingerprint density at radius 1 is 1.00 bits per heavy atom. The summed E-state index contributed by atoms with van der Waals surface area (Å²) >= 11 is 0. The minimum absolute atomic E-state index is 0.0401. The molecule has 2 aliphatic heterocycles. The number of sulfone groups is 1. The molecule has 0 atom stereocenters. The van der Waals surface area contributed by atoms with Gasteiger partial charge in [-0.1, -0.05) is 12.1 Å². The van der Waals surface area contributed by atoms with Gasteiger partial charge in [-0.3, -0.25) is 9.59 Å². The van der Waals surface area contributed by atoms with Gasteiger partial charge in [0.25, 0.3) is 5.91 Å². The molecule has 3 aromatic rings. The van der Waals surface area contributed by atoms with Gasteiger partial charge in [-0.15, -0.1) is 0 Å². The van der Waals surface area contributed by atoms with E-state index < -0.39 is 9.84 Å². The summed E-state index contributed by atoms with van der Waals surface area (Å²) in [5.74, 6) is -0.983. The number of benzene rings is 3. The molecule has 2 heterocycles. The highest BCUT2D eigenvalue weighted by atomic mass is 32.2. The van der Waals surface area contributed by atoms with E-state index in [4.69, 9.17) is 0 Å². The van der Waals surface area contributed by atoms with E-state index in [1.54, 1.807) is 17.0 Å². The number of fused-ring (bicyclic) bond motifs is 3. The van der Waals surface area contributed by atoms with E-state index in [2.05, 4.69) is 0 Å². The van der Waals surface area contributed by atoms with Gasteiger partial charge in [-0.2, -0.15) is 0 Å². The van der Waals surface area contributed by atoms with Crippen molar-refractivity contribution < 1.29 is 22.4 Å². The summed E-state index contributed by atoms with van der Waals surface area (Å²) in [5.41, 5.74) is 3.00. The Kier molecular flexibility index (Phi) is 4.34. The van der Waals surface area contributed by atoms with Crippen LogP contribution in [0.1, 0.15) is 43.0 Å². The number of amides is 1. The molecule has 0 unspecified atom stereocenters. The zero-order valence-electron chi connectivity index (χ0n) is 16.7. The predicted molar refractivity (Wildman–Crippen MR) is 111 cm³/mol. The molecule has 1 amide bonds. The van der Waals surface area contributed by atoms with Gasteiger partial charge < -0.3 is 4.90 Å². The SMILES string of the molecule is Cc1cc(F)cc2c1CN(C(=O)c1ccc3c(c1)S(=O)(=O)c1ccccc1C3=O)CC2. The molecular formula is C24H18FNO4S. The molecule has 0 N–H and O–H groups in total. The van der Waals surface area contributed by atoms with Crippen LogP contribution in [0.25, 0.3) is 0 Å². The third-order valence-electron chi connectivity index (χ3n) is 6.00. The van der Waals surface area contributed by atoms with Crippen LogP contribution in [0.5, 0.6) is 0 Å². The Hall–Kier alpha value is -3.32. The molecule has 0 spiro atoms. The van der Waals surface area contributed by atoms with E-state index >= 15 is 0 Å². The lowest BCUT2D eigenvalue weighted by atomic mass is 9.94. The van der Waals surface area contributed by atoms with Crippen molar-refractivity contribution in [1.82, 2.24) is 4.90 Å². The van der Waals surface area contributed by atoms with E-state index in [9.17, 15) is 22.4 Å². The molecule has 0 radical (unpaired) electrons. The van der Waals surface area contributed by atoms with Crippen molar-refractivity contribution in [2.75, 3.05) is 6.54 Å². The van der Waals surface area contributed by atoms with Crippen molar-refractivity contribution in [3.63, 3.8) is 0 Å². The van der Waals surface area contributed by atoms with Crippen LogP contribution in [-0.2, 0) is 22.8 Å². The molecule has 2 aliphatic rings. The van der Waals surface area contributed by atoms with Crippen molar-refractivity contribution in [2.24, 2.45) is 0 Å². The van der Waals surface area contributed by atoms with Crippen molar-refractivity contribution >= 4 is 21.5 Å². The number of hydrogen-bond donors (Lipinski definition) is 0. The fourth-order valence-electron chi connectivity index (χ4n) is 4.39. The molecule has 156 valence electrons. The van der Waals surface area contributed by atoms with Crippen LogP contribution in [0.4, 0.5) is 4.39 Å². The zero-order valence-corrected chi connectivity index (χ0v) is 17.5. The number of hydrogen-bond acceptors (Lipinski definition) is 4. The van der Waals surface area contributed by atoms with Crippen molar-refractivity contribution in [3.8, 4) is 0 Å². The highest BCUT2D eigenvalue weighted by molar-refractivity contribution is 7.91. The van der Waals surface area contributed by atoms with E-state index in [-0.39, 0.29) is 44.0 Å². The summed E-state index contributed by atoms with van der Waals surface area (Å²) in [6.07, 6.45) is 0.523. The normalized spacial score (nSPS) is 16.3. The van der Waals surface area contributed by atoms with Gasteiger partial charge >= 0.3 is 0 Å². The zero-order chi connectivity index (χ0) is 21.9. The Morgan fingerprint density at radius 3 is 2.55 bits per heavy atom. The van der Waals surface area contributed by atoms with Gasteiger partial charge in [0.05, 0.1) is 9.79 Å². The maximum absolute atomic E-state index is 13.7. The van der Waals surface area contributed by atoms with Crippen molar-refractivity contribution in [1.29, 1.82) is 0 Å². The summed E-state index contributed by atoms with van der Waals surface area (Å²) in [4.78, 5) is 27.4. The van der Waals surface area contributed by atoms with E-state index in [1.807, 2.05) is 6.92 Å². The van der Waals surface area contributed by atoms with Crippen LogP contribution in [0.2, 0.25) is 0 Å². The number of halogens is 1. The molecule has 3 aromatic carbocycles. The lowest BCUT2D eigenvalue weighted by molar-refractivity contribution is 0.0733. The van der Waals surface area contributed by atoms with Gasteiger partial charge in [0.15, 0.2) is 5.78 Å². The van der Waals surface area contributed by atoms with Gasteiger partial charge in [0.2, 0.25) is 9.84 Å². The molecule has 7 heteroatoms. The van der Waals surface area contributed by atoms with Crippen molar-refractivity contribution in [3.05, 3.63) is 93.8 Å². The lowest BCUT2D eigenvalue weighted by Crippen LogP contribution is -2.36. The Balaban J connectivity index is 1.53. The lowest BCUT2D eigenvalue weighted by Gasteiger charge is -2.30. The molecule has 5 nitrogen and oxygen atoms in total. The standard InChI is InChI=1S/C24H18FNO4S/c1-14-10-17(25)11-15-8-9-26(13-20(14)15)24(28)16-6-7-19-22(12-16)31(29,30)21-5-3-2-4-18(21)23(19)27/h2-7,10-12H,8-9,13H2,1H3. The van der Waals surface area contributed by atoms with Crippen molar-refractivity contribution in [2.45, 2.75) is 29.7 Å². The number of nitrogens with zero attached hydrogens (tertiary/aromatic N) is 1. The number of aryl methyl sites for hydroxylation is 1. The fourth-order valence-corrected chi connectivity index (χ4v) is 6.07. The molecule has 5 rings (SSSR count). The van der Waals surface area contributed by atoms with Gasteiger partial charge in [-0.05, 0) is 72.5 Å². The smallest absolute Gasteiger partial charge is 0.254 e. The first kappa shape index (κ1) is 19.6. The number of carbonyl (C=O) groups excluding carboxylic acids is 2. The minimum Gasteiger partial charge on any atom is -0.334 e. The molecular weight excluding hydrogens is 417 g/mol. The first-order valence-corrected chi connectivity index (χ1v) is 11.4. The molecule has 31 heavy (non-hydrogen) atoms. The number of ketones is 1. The molecule has 0 saturated carbocycles. The van der Waals surface area contributed by atoms with Gasteiger partial charge in [0.1, 0.15) is 5.82 Å². The molecule has 0 fully saturated rings. The average molecular weight is 435 g/mol. The molecule has 0 saturated heterocycles. The van der Waals surface area contributed by atoms with Crippen LogP contribution in [0.15, 0.2) is 64.4 Å². The highest BCUT2D eigenvalue weighted by Gasteiger charge is 2.35. The molecule has 0 aromatic heterocycles. The fraction of sp³-hybridized carbons (Fsp3) is 0.167. The number of carbonyl (C=O) groups is 2.